The van der Waals surface area contributed by atoms with Crippen LogP contribution in [0, 0.1) is 0 Å². The van der Waals surface area contributed by atoms with Gasteiger partial charge in [-0.3, -0.25) is 0 Å². The van der Waals surface area contributed by atoms with Gasteiger partial charge in [0.05, 0.1) is 7.39 Å². The fourth-order valence-corrected chi connectivity index (χ4v) is 2.02. The SMILES string of the molecule is [2H]C([2H])([2H])N(C)C([2H])([2H])C([2H])([2H])c1c[nH]c2ccc(C([2H])([2H])[C@@]3([2H])COC(=O)N3)cc12. The normalized spacial score (nSPS) is 31.4. The maximum Gasteiger partial charge on any atom is 0.407 e. The molecule has 5 heteroatoms. The predicted octanol–water partition coefficient (Wildman–Crippen LogP) is 1.92. The molecule has 3 rings (SSSR count). The number of alkyl carbamates (subject to hydrolysis) is 1. The van der Waals surface area contributed by atoms with Crippen molar-refractivity contribution in [2.45, 2.75) is 18.8 Å². The third-order valence-corrected chi connectivity index (χ3v) is 2.94. The van der Waals surface area contributed by atoms with Crippen LogP contribution in [0.3, 0.4) is 0 Å². The fraction of sp³-hybridized carbons (Fsp3) is 0.438. The average Bonchev–Trinajstić information content (AvgIpc) is 3.23. The van der Waals surface area contributed by atoms with E-state index in [1.165, 1.54) is 24.4 Å². The molecule has 1 aromatic heterocycles. The molecule has 1 aliphatic rings. The molecule has 5 nitrogen and oxygen atoms in total. The highest BCUT2D eigenvalue weighted by Gasteiger charge is 2.22. The van der Waals surface area contributed by atoms with E-state index in [4.69, 9.17) is 13.7 Å². The molecule has 1 saturated heterocycles. The number of carbonyl (C=O) groups excluding carboxylic acids is 1. The van der Waals surface area contributed by atoms with Crippen molar-refractivity contribution in [3.8, 4) is 0 Å². The third-order valence-electron chi connectivity index (χ3n) is 2.94. The highest BCUT2D eigenvalue weighted by Crippen LogP contribution is 2.21. The summed E-state index contributed by atoms with van der Waals surface area (Å²) in [6.45, 7) is -6.39. The average molecular weight is 297 g/mol. The lowest BCUT2D eigenvalue weighted by Gasteiger charge is -2.09. The summed E-state index contributed by atoms with van der Waals surface area (Å²) in [4.78, 5) is 14.5. The third kappa shape index (κ3) is 3.19. The van der Waals surface area contributed by atoms with Crippen LogP contribution in [-0.2, 0) is 17.5 Å². The van der Waals surface area contributed by atoms with Gasteiger partial charge < -0.3 is 19.9 Å². The highest BCUT2D eigenvalue weighted by atomic mass is 16.6. The minimum Gasteiger partial charge on any atom is -0.447 e. The van der Waals surface area contributed by atoms with Gasteiger partial charge in [0.25, 0.3) is 0 Å². The fourth-order valence-electron chi connectivity index (χ4n) is 2.02. The Morgan fingerprint density at radius 1 is 1.62 bits per heavy atom. The Labute approximate surface area is 138 Å². The zero-order valence-electron chi connectivity index (χ0n) is 21.3. The molecule has 0 aliphatic carbocycles. The molecule has 21 heavy (non-hydrogen) atoms. The van der Waals surface area contributed by atoms with E-state index in [1.54, 1.807) is 0 Å². The number of H-pyrrole nitrogens is 1. The zero-order valence-corrected chi connectivity index (χ0v) is 11.3. The number of hydrogen-bond donors (Lipinski definition) is 2. The first kappa shape index (κ1) is 6.40. The van der Waals surface area contributed by atoms with Crippen molar-refractivity contribution in [3.05, 3.63) is 35.5 Å². The van der Waals surface area contributed by atoms with Crippen LogP contribution in [-0.4, -0.2) is 49.1 Å². The monoisotopic (exact) mass is 297 g/mol. The smallest absolute Gasteiger partial charge is 0.407 e. The summed E-state index contributed by atoms with van der Waals surface area (Å²) in [5.41, 5.74) is 0.0747. The van der Waals surface area contributed by atoms with E-state index >= 15 is 0 Å². The van der Waals surface area contributed by atoms with E-state index in [2.05, 4.69) is 15.0 Å². The summed E-state index contributed by atoms with van der Waals surface area (Å²) in [6, 6.07) is 1.93. The summed E-state index contributed by atoms with van der Waals surface area (Å²) in [6.07, 6.45) is -4.99. The van der Waals surface area contributed by atoms with Gasteiger partial charge in [-0.05, 0) is 50.0 Å². The van der Waals surface area contributed by atoms with Crippen molar-refractivity contribution in [2.75, 3.05) is 27.1 Å². The lowest BCUT2D eigenvalue weighted by molar-refractivity contribution is 0.177. The van der Waals surface area contributed by atoms with Gasteiger partial charge in [-0.2, -0.15) is 0 Å². The second-order valence-corrected chi connectivity index (χ2v) is 4.56. The first-order valence-electron chi connectivity index (χ1n) is 11.3. The summed E-state index contributed by atoms with van der Waals surface area (Å²) in [5.74, 6) is 0. The molecule has 112 valence electrons. The number of aromatic nitrogens is 1. The quantitative estimate of drug-likeness (QED) is 0.886. The zero-order chi connectivity index (χ0) is 23.6. The van der Waals surface area contributed by atoms with Crippen molar-refractivity contribution >= 4 is 17.0 Å². The molecule has 2 aromatic rings. The minimum atomic E-state index is -2.95. The standard InChI is InChI=1S/C16H21N3O2/c1-19(2)6-5-12-9-17-15-4-3-11(8-14(12)15)7-13-10-21-16(20)18-13/h3-4,8-9,13,17H,5-7,10H2,1-2H3,(H,18,20)/t13-/m0/s1/i1D3,5D2,6D2,7D2,13D. The van der Waals surface area contributed by atoms with Crippen molar-refractivity contribution in [1.82, 2.24) is 15.2 Å². The number of benzene rings is 1. The number of hydrogen-bond acceptors (Lipinski definition) is 3. The van der Waals surface area contributed by atoms with Crippen molar-refractivity contribution < 1.29 is 23.2 Å². The first-order chi connectivity index (χ1) is 13.9. The molecule has 0 unspecified atom stereocenters. The first-order valence-corrected chi connectivity index (χ1v) is 6.26. The summed E-state index contributed by atoms with van der Waals surface area (Å²) in [7, 11) is 0.955. The van der Waals surface area contributed by atoms with Crippen LogP contribution in [0.15, 0.2) is 24.4 Å². The Morgan fingerprint density at radius 3 is 3.29 bits per heavy atom. The Hall–Kier alpha value is -2.01. The van der Waals surface area contributed by atoms with E-state index in [0.717, 1.165) is 7.05 Å². The van der Waals surface area contributed by atoms with E-state index in [9.17, 15) is 4.79 Å². The van der Waals surface area contributed by atoms with Gasteiger partial charge in [0.2, 0.25) is 0 Å². The number of carbonyl (C=O) groups is 1. The molecule has 1 aliphatic heterocycles. The van der Waals surface area contributed by atoms with Gasteiger partial charge in [0, 0.05) is 35.9 Å². The Kier molecular flexibility index (Phi) is 1.76. The summed E-state index contributed by atoms with van der Waals surface area (Å²) in [5, 5.41) is 2.24. The molecule has 2 N–H and O–H groups in total. The molecular weight excluding hydrogens is 266 g/mol. The Bertz CT molecular complexity index is 1020. The number of cyclic esters (lactones) is 1. The van der Waals surface area contributed by atoms with Crippen LogP contribution in [0.4, 0.5) is 4.79 Å². The number of nitrogens with one attached hydrogen (secondary N) is 2. The van der Waals surface area contributed by atoms with Gasteiger partial charge in [0.1, 0.15) is 6.61 Å². The predicted molar refractivity (Wildman–Crippen MR) is 82.5 cm³/mol. The molecule has 0 spiro atoms. The number of fused-ring (bicyclic) bond motifs is 1. The van der Waals surface area contributed by atoms with Crippen molar-refractivity contribution in [1.29, 1.82) is 0 Å². The number of nitrogens with zero attached hydrogens (tertiary/aromatic N) is 1. The van der Waals surface area contributed by atoms with Gasteiger partial charge in [-0.1, -0.05) is 6.07 Å². The van der Waals surface area contributed by atoms with E-state index < -0.39 is 44.9 Å². The lowest BCUT2D eigenvalue weighted by atomic mass is 10.0. The molecule has 2 heterocycles. The minimum absolute atomic E-state index is 0.0674. The van der Waals surface area contributed by atoms with E-state index in [0.29, 0.717) is 10.4 Å². The molecular formula is C16H21N3O2. The molecule has 1 atom stereocenters. The Morgan fingerprint density at radius 2 is 2.52 bits per heavy atom. The molecule has 1 fully saturated rings. The van der Waals surface area contributed by atoms with Crippen LogP contribution in [0.1, 0.15) is 24.8 Å². The number of likely N-dealkylation sites (N-methyl/N-ethyl adjacent to an activating group) is 1. The number of aromatic amines is 1. The van der Waals surface area contributed by atoms with Crippen LogP contribution < -0.4 is 5.32 Å². The van der Waals surface area contributed by atoms with E-state index in [-0.39, 0.29) is 16.5 Å². The van der Waals surface area contributed by atoms with Crippen molar-refractivity contribution in [3.63, 3.8) is 0 Å². The lowest BCUT2D eigenvalue weighted by Crippen LogP contribution is -2.28. The van der Waals surface area contributed by atoms with Gasteiger partial charge in [0.15, 0.2) is 0 Å². The van der Waals surface area contributed by atoms with E-state index in [1.807, 2.05) is 0 Å². The summed E-state index contributed by atoms with van der Waals surface area (Å²) >= 11 is 0. The number of rotatable bonds is 5. The maximum atomic E-state index is 11.4. The van der Waals surface area contributed by atoms with Gasteiger partial charge in [-0.25, -0.2) is 4.79 Å². The van der Waals surface area contributed by atoms with Crippen LogP contribution in [0.5, 0.6) is 0 Å². The molecule has 0 radical (unpaired) electrons. The van der Waals surface area contributed by atoms with Crippen LogP contribution in [0.25, 0.3) is 10.9 Å². The molecule has 1 amide bonds. The number of aryl methyl sites for hydroxylation is 1. The summed E-state index contributed by atoms with van der Waals surface area (Å²) < 4.78 is 85.3. The second-order valence-electron chi connectivity index (χ2n) is 4.56. The molecule has 0 bridgehead atoms. The largest absolute Gasteiger partial charge is 0.447 e. The number of ether oxygens (including phenoxy) is 1. The van der Waals surface area contributed by atoms with Crippen molar-refractivity contribution in [2.24, 2.45) is 0 Å². The molecule has 0 saturated carbocycles. The topological polar surface area (TPSA) is 57.4 Å². The van der Waals surface area contributed by atoms with Gasteiger partial charge >= 0.3 is 6.09 Å². The maximum absolute atomic E-state index is 11.4. The second kappa shape index (κ2) is 5.77. The highest BCUT2D eigenvalue weighted by molar-refractivity contribution is 5.84. The van der Waals surface area contributed by atoms with Crippen LogP contribution in [0.2, 0.25) is 0 Å². The van der Waals surface area contributed by atoms with Crippen LogP contribution >= 0.6 is 0 Å². The number of amides is 1. The Balaban J connectivity index is 2.11. The molecule has 1 aromatic carbocycles. The van der Waals surface area contributed by atoms with Gasteiger partial charge in [-0.15, -0.1) is 0 Å².